The fourth-order valence-corrected chi connectivity index (χ4v) is 2.49. The fourth-order valence-electron chi connectivity index (χ4n) is 2.49. The monoisotopic (exact) mass is 235 g/mol. The van der Waals surface area contributed by atoms with Crippen molar-refractivity contribution in [1.82, 2.24) is 0 Å². The lowest BCUT2D eigenvalue weighted by molar-refractivity contribution is -0.383. The smallest absolute Gasteiger partial charge is 0.292 e. The van der Waals surface area contributed by atoms with E-state index in [2.05, 4.69) is 11.8 Å². The Morgan fingerprint density at radius 1 is 1.59 bits per heavy atom. The lowest BCUT2D eigenvalue weighted by Crippen LogP contribution is -2.28. The molecule has 5 nitrogen and oxygen atoms in total. The Hall–Kier alpha value is -1.78. The van der Waals surface area contributed by atoms with Crippen LogP contribution in [0.15, 0.2) is 18.2 Å². The third-order valence-electron chi connectivity index (χ3n) is 3.39. The molecular weight excluding hydrogens is 218 g/mol. The predicted octanol–water partition coefficient (Wildman–Crippen LogP) is 2.56. The first-order chi connectivity index (χ1) is 8.13. The molecule has 0 spiro atoms. The molecule has 1 aliphatic rings. The van der Waals surface area contributed by atoms with Crippen LogP contribution in [0.4, 0.5) is 17.1 Å². The molecule has 17 heavy (non-hydrogen) atoms. The van der Waals surface area contributed by atoms with Crippen LogP contribution < -0.4 is 10.6 Å². The number of nitrogens with two attached hydrogens (primary N) is 1. The highest BCUT2D eigenvalue weighted by molar-refractivity contribution is 5.67. The van der Waals surface area contributed by atoms with Gasteiger partial charge in [-0.25, -0.2) is 0 Å². The van der Waals surface area contributed by atoms with Gasteiger partial charge in [0.2, 0.25) is 0 Å². The molecule has 92 valence electrons. The van der Waals surface area contributed by atoms with Crippen LogP contribution in [0.5, 0.6) is 0 Å². The summed E-state index contributed by atoms with van der Waals surface area (Å²) in [5.74, 6) is 0. The van der Waals surface area contributed by atoms with Crippen molar-refractivity contribution in [2.24, 2.45) is 0 Å². The summed E-state index contributed by atoms with van der Waals surface area (Å²) in [4.78, 5) is 12.5. The number of benzene rings is 1. The lowest BCUT2D eigenvalue weighted by Gasteiger charge is -2.26. The average Bonchev–Trinajstić information content (AvgIpc) is 2.76. The van der Waals surface area contributed by atoms with E-state index < -0.39 is 4.92 Å². The van der Waals surface area contributed by atoms with Crippen molar-refractivity contribution in [2.45, 2.75) is 32.2 Å². The summed E-state index contributed by atoms with van der Waals surface area (Å²) in [5.41, 5.74) is 6.94. The topological polar surface area (TPSA) is 72.4 Å². The van der Waals surface area contributed by atoms with Gasteiger partial charge in [0.15, 0.2) is 0 Å². The third-order valence-corrected chi connectivity index (χ3v) is 3.39. The molecule has 1 unspecified atom stereocenters. The lowest BCUT2D eigenvalue weighted by atomic mass is 10.1. The maximum Gasteiger partial charge on any atom is 0.292 e. The van der Waals surface area contributed by atoms with Crippen LogP contribution >= 0.6 is 0 Å². The van der Waals surface area contributed by atoms with Gasteiger partial charge in [0.1, 0.15) is 5.69 Å². The SMILES string of the molecule is CCC1CCCN1c1ccc([N+](=O)[O-])c(N)c1. The van der Waals surface area contributed by atoms with Gasteiger partial charge in [-0.2, -0.15) is 0 Å². The Balaban J connectivity index is 2.28. The van der Waals surface area contributed by atoms with E-state index in [-0.39, 0.29) is 11.4 Å². The Morgan fingerprint density at radius 3 is 2.94 bits per heavy atom. The maximum atomic E-state index is 10.7. The molecule has 1 heterocycles. The number of anilines is 2. The zero-order valence-electron chi connectivity index (χ0n) is 9.93. The molecule has 1 aliphatic heterocycles. The Bertz CT molecular complexity index is 434. The molecule has 0 amide bonds. The molecule has 1 fully saturated rings. The van der Waals surface area contributed by atoms with Crippen LogP contribution in [-0.2, 0) is 0 Å². The van der Waals surface area contributed by atoms with Crippen LogP contribution in [0.2, 0.25) is 0 Å². The minimum absolute atomic E-state index is 0.0130. The summed E-state index contributed by atoms with van der Waals surface area (Å²) in [5, 5.41) is 10.7. The molecule has 2 N–H and O–H groups in total. The molecule has 0 aromatic heterocycles. The Kier molecular flexibility index (Phi) is 3.17. The number of rotatable bonds is 3. The van der Waals surface area contributed by atoms with E-state index in [4.69, 9.17) is 5.73 Å². The number of hydrogen-bond donors (Lipinski definition) is 1. The third kappa shape index (κ3) is 2.18. The molecule has 1 atom stereocenters. The van der Waals surface area contributed by atoms with Crippen molar-refractivity contribution < 1.29 is 4.92 Å². The molecule has 1 aromatic rings. The van der Waals surface area contributed by atoms with Crippen molar-refractivity contribution in [3.05, 3.63) is 28.3 Å². The molecule has 0 aliphatic carbocycles. The van der Waals surface area contributed by atoms with E-state index in [0.717, 1.165) is 18.7 Å². The number of nitro groups is 1. The van der Waals surface area contributed by atoms with Crippen LogP contribution in [0.1, 0.15) is 26.2 Å². The van der Waals surface area contributed by atoms with Crippen molar-refractivity contribution in [3.63, 3.8) is 0 Å². The second-order valence-electron chi connectivity index (χ2n) is 4.40. The first-order valence-corrected chi connectivity index (χ1v) is 5.94. The van der Waals surface area contributed by atoms with Gasteiger partial charge >= 0.3 is 0 Å². The zero-order chi connectivity index (χ0) is 12.4. The summed E-state index contributed by atoms with van der Waals surface area (Å²) in [7, 11) is 0. The van der Waals surface area contributed by atoms with Crippen molar-refractivity contribution in [1.29, 1.82) is 0 Å². The van der Waals surface area contributed by atoms with Crippen LogP contribution in [0.3, 0.4) is 0 Å². The van der Waals surface area contributed by atoms with Gasteiger partial charge in [-0.1, -0.05) is 6.92 Å². The Morgan fingerprint density at radius 2 is 2.35 bits per heavy atom. The fraction of sp³-hybridized carbons (Fsp3) is 0.500. The number of nitrogens with zero attached hydrogens (tertiary/aromatic N) is 2. The number of nitrogen functional groups attached to an aromatic ring is 1. The van der Waals surface area contributed by atoms with Crippen LogP contribution in [0.25, 0.3) is 0 Å². The average molecular weight is 235 g/mol. The zero-order valence-corrected chi connectivity index (χ0v) is 9.93. The van der Waals surface area contributed by atoms with E-state index in [1.807, 2.05) is 0 Å². The molecule has 0 radical (unpaired) electrons. The molecule has 1 aromatic carbocycles. The quantitative estimate of drug-likeness (QED) is 0.496. The van der Waals surface area contributed by atoms with Crippen LogP contribution in [-0.4, -0.2) is 17.5 Å². The van der Waals surface area contributed by atoms with Gasteiger partial charge in [-0.15, -0.1) is 0 Å². The van der Waals surface area contributed by atoms with E-state index in [1.165, 1.54) is 18.9 Å². The van der Waals surface area contributed by atoms with Gasteiger partial charge in [0.25, 0.3) is 5.69 Å². The number of hydrogen-bond acceptors (Lipinski definition) is 4. The second kappa shape index (κ2) is 4.61. The normalized spacial score (nSPS) is 19.6. The largest absolute Gasteiger partial charge is 0.393 e. The van der Waals surface area contributed by atoms with Crippen molar-refractivity contribution >= 4 is 17.1 Å². The molecule has 1 saturated heterocycles. The van der Waals surface area contributed by atoms with E-state index in [9.17, 15) is 10.1 Å². The first-order valence-electron chi connectivity index (χ1n) is 5.94. The van der Waals surface area contributed by atoms with Gasteiger partial charge in [0, 0.05) is 24.3 Å². The Labute approximate surface area is 100 Å². The first kappa shape index (κ1) is 11.7. The van der Waals surface area contributed by atoms with Gasteiger partial charge in [-0.05, 0) is 31.4 Å². The van der Waals surface area contributed by atoms with E-state index in [1.54, 1.807) is 12.1 Å². The molecular formula is C12H17N3O2. The molecule has 0 bridgehead atoms. The summed E-state index contributed by atoms with van der Waals surface area (Å²) >= 11 is 0. The van der Waals surface area contributed by atoms with Crippen molar-refractivity contribution in [3.8, 4) is 0 Å². The number of nitro benzene ring substituents is 1. The summed E-state index contributed by atoms with van der Waals surface area (Å²) in [6.07, 6.45) is 3.46. The minimum Gasteiger partial charge on any atom is -0.393 e. The van der Waals surface area contributed by atoms with Crippen molar-refractivity contribution in [2.75, 3.05) is 17.2 Å². The van der Waals surface area contributed by atoms with Crippen LogP contribution in [0, 0.1) is 10.1 Å². The maximum absolute atomic E-state index is 10.7. The molecule has 2 rings (SSSR count). The highest BCUT2D eigenvalue weighted by atomic mass is 16.6. The van der Waals surface area contributed by atoms with E-state index >= 15 is 0 Å². The summed E-state index contributed by atoms with van der Waals surface area (Å²) in [6, 6.07) is 5.54. The second-order valence-corrected chi connectivity index (χ2v) is 4.40. The highest BCUT2D eigenvalue weighted by Gasteiger charge is 2.24. The van der Waals surface area contributed by atoms with E-state index in [0.29, 0.717) is 6.04 Å². The van der Waals surface area contributed by atoms with Gasteiger partial charge in [-0.3, -0.25) is 10.1 Å². The molecule has 5 heteroatoms. The summed E-state index contributed by atoms with van der Waals surface area (Å²) in [6.45, 7) is 3.17. The summed E-state index contributed by atoms with van der Waals surface area (Å²) < 4.78 is 0. The van der Waals surface area contributed by atoms with Gasteiger partial charge in [0.05, 0.1) is 4.92 Å². The minimum atomic E-state index is -0.444. The standard InChI is InChI=1S/C12H17N3O2/c1-2-9-4-3-7-14(9)10-5-6-12(15(16)17)11(13)8-10/h5-6,8-9H,2-4,7,13H2,1H3. The molecule has 0 saturated carbocycles. The predicted molar refractivity (Wildman–Crippen MR) is 68.2 cm³/mol. The van der Waals surface area contributed by atoms with Gasteiger partial charge < -0.3 is 10.6 Å². The highest BCUT2D eigenvalue weighted by Crippen LogP contribution is 2.32.